The Labute approximate surface area is 149 Å². The summed E-state index contributed by atoms with van der Waals surface area (Å²) in [5.74, 6) is 1.06. The summed E-state index contributed by atoms with van der Waals surface area (Å²) in [6, 6.07) is 12.4. The quantitative estimate of drug-likeness (QED) is 0.921. The normalized spacial score (nSPS) is 21.7. The fourth-order valence-electron chi connectivity index (χ4n) is 4.23. The zero-order valence-electron chi connectivity index (χ0n) is 14.6. The van der Waals surface area contributed by atoms with Gasteiger partial charge in [-0.05, 0) is 42.5 Å². The molecule has 4 rings (SSSR count). The first kappa shape index (κ1) is 16.4. The monoisotopic (exact) mass is 338 g/mol. The molecule has 2 aromatic rings. The number of furan rings is 1. The number of hydrogen-bond acceptors (Lipinski definition) is 3. The lowest BCUT2D eigenvalue weighted by molar-refractivity contribution is -0.128. The van der Waals surface area contributed by atoms with Crippen LogP contribution >= 0.6 is 0 Å². The molecule has 132 valence electrons. The van der Waals surface area contributed by atoms with Crippen molar-refractivity contribution >= 4 is 5.91 Å². The zero-order chi connectivity index (χ0) is 17.1. The summed E-state index contributed by atoms with van der Waals surface area (Å²) in [4.78, 5) is 15.4. The van der Waals surface area contributed by atoms with Gasteiger partial charge < -0.3 is 9.73 Å². The molecule has 4 nitrogen and oxygen atoms in total. The Morgan fingerprint density at radius 1 is 1.12 bits per heavy atom. The maximum absolute atomic E-state index is 13.2. The summed E-state index contributed by atoms with van der Waals surface area (Å²) in [6.45, 7) is 1.55. The van der Waals surface area contributed by atoms with E-state index in [1.54, 1.807) is 6.26 Å². The molecule has 2 heterocycles. The molecular formula is C21H26N2O2. The van der Waals surface area contributed by atoms with Crippen molar-refractivity contribution in [3.8, 4) is 0 Å². The predicted molar refractivity (Wildman–Crippen MR) is 97.0 cm³/mol. The molecule has 1 aliphatic heterocycles. The van der Waals surface area contributed by atoms with Crippen molar-refractivity contribution in [2.24, 2.45) is 0 Å². The largest absolute Gasteiger partial charge is 0.468 e. The van der Waals surface area contributed by atoms with Crippen molar-refractivity contribution in [2.45, 2.75) is 57.2 Å². The summed E-state index contributed by atoms with van der Waals surface area (Å²) in [5.41, 5.74) is 2.44. The first-order valence-electron chi connectivity index (χ1n) is 9.46. The molecule has 0 radical (unpaired) electrons. The van der Waals surface area contributed by atoms with Crippen molar-refractivity contribution in [3.05, 3.63) is 59.5 Å². The average molecular weight is 338 g/mol. The van der Waals surface area contributed by atoms with Crippen molar-refractivity contribution in [1.29, 1.82) is 0 Å². The molecule has 0 spiro atoms. The topological polar surface area (TPSA) is 45.5 Å². The molecule has 1 aromatic carbocycles. The summed E-state index contributed by atoms with van der Waals surface area (Å²) in [7, 11) is 0. The highest BCUT2D eigenvalue weighted by molar-refractivity contribution is 5.84. The molecule has 25 heavy (non-hydrogen) atoms. The molecule has 1 aliphatic carbocycles. The van der Waals surface area contributed by atoms with Gasteiger partial charge in [0.1, 0.15) is 11.8 Å². The van der Waals surface area contributed by atoms with Crippen LogP contribution in [0.25, 0.3) is 0 Å². The van der Waals surface area contributed by atoms with E-state index in [-0.39, 0.29) is 11.9 Å². The summed E-state index contributed by atoms with van der Waals surface area (Å²) in [6.07, 6.45) is 8.64. The van der Waals surface area contributed by atoms with Gasteiger partial charge >= 0.3 is 0 Å². The SMILES string of the molecule is O=C(NC1CCCCC1)C1c2ccccc2CCN1Cc1ccco1. The molecular weight excluding hydrogens is 312 g/mol. The van der Waals surface area contributed by atoms with Crippen LogP contribution in [0.4, 0.5) is 0 Å². The zero-order valence-corrected chi connectivity index (χ0v) is 14.6. The van der Waals surface area contributed by atoms with Crippen LogP contribution in [0.3, 0.4) is 0 Å². The van der Waals surface area contributed by atoms with Gasteiger partial charge in [-0.2, -0.15) is 0 Å². The minimum atomic E-state index is -0.225. The third-order valence-corrected chi connectivity index (χ3v) is 5.52. The Balaban J connectivity index is 1.57. The molecule has 0 saturated heterocycles. The predicted octanol–water partition coefficient (Wildman–Crippen LogP) is 3.83. The van der Waals surface area contributed by atoms with Crippen LogP contribution in [0, 0.1) is 0 Å². The fraction of sp³-hybridized carbons (Fsp3) is 0.476. The molecule has 1 fully saturated rings. The number of amides is 1. The molecule has 1 saturated carbocycles. The van der Waals surface area contributed by atoms with Gasteiger partial charge in [-0.1, -0.05) is 43.5 Å². The van der Waals surface area contributed by atoms with E-state index in [0.29, 0.717) is 12.6 Å². The van der Waals surface area contributed by atoms with E-state index in [0.717, 1.165) is 37.1 Å². The highest BCUT2D eigenvalue weighted by Gasteiger charge is 2.34. The van der Waals surface area contributed by atoms with Gasteiger partial charge in [-0.3, -0.25) is 9.69 Å². The van der Waals surface area contributed by atoms with Crippen LogP contribution in [0.15, 0.2) is 47.1 Å². The van der Waals surface area contributed by atoms with Gasteiger partial charge in [0.25, 0.3) is 0 Å². The summed E-state index contributed by atoms with van der Waals surface area (Å²) < 4.78 is 5.53. The Kier molecular flexibility index (Phi) is 4.88. The maximum atomic E-state index is 13.2. The van der Waals surface area contributed by atoms with E-state index in [4.69, 9.17) is 4.42 Å². The molecule has 1 amide bonds. The van der Waals surface area contributed by atoms with Crippen molar-refractivity contribution in [2.75, 3.05) is 6.54 Å². The number of hydrogen-bond donors (Lipinski definition) is 1. The Morgan fingerprint density at radius 3 is 2.76 bits per heavy atom. The maximum Gasteiger partial charge on any atom is 0.242 e. The first-order chi connectivity index (χ1) is 12.3. The molecule has 1 aromatic heterocycles. The molecule has 2 aliphatic rings. The Morgan fingerprint density at radius 2 is 1.96 bits per heavy atom. The minimum absolute atomic E-state index is 0.144. The van der Waals surface area contributed by atoms with Crippen LogP contribution in [0.1, 0.15) is 55.0 Å². The van der Waals surface area contributed by atoms with E-state index in [1.807, 2.05) is 18.2 Å². The van der Waals surface area contributed by atoms with Crippen molar-refractivity contribution < 1.29 is 9.21 Å². The number of fused-ring (bicyclic) bond motifs is 1. The second kappa shape index (κ2) is 7.44. The van der Waals surface area contributed by atoms with E-state index in [1.165, 1.54) is 24.8 Å². The van der Waals surface area contributed by atoms with Gasteiger partial charge in [0.15, 0.2) is 0 Å². The smallest absolute Gasteiger partial charge is 0.242 e. The third kappa shape index (κ3) is 3.64. The number of benzene rings is 1. The van der Waals surface area contributed by atoms with Crippen LogP contribution in [-0.4, -0.2) is 23.4 Å². The highest BCUT2D eigenvalue weighted by Crippen LogP contribution is 2.32. The van der Waals surface area contributed by atoms with Crippen LogP contribution in [0.5, 0.6) is 0 Å². The van der Waals surface area contributed by atoms with Crippen molar-refractivity contribution in [3.63, 3.8) is 0 Å². The van der Waals surface area contributed by atoms with E-state index < -0.39 is 0 Å². The van der Waals surface area contributed by atoms with Gasteiger partial charge in [-0.25, -0.2) is 0 Å². The molecule has 1 unspecified atom stereocenters. The Hall–Kier alpha value is -2.07. The number of nitrogens with one attached hydrogen (secondary N) is 1. The van der Waals surface area contributed by atoms with Crippen molar-refractivity contribution in [1.82, 2.24) is 10.2 Å². The number of rotatable bonds is 4. The lowest BCUT2D eigenvalue weighted by Gasteiger charge is -2.37. The van der Waals surface area contributed by atoms with Crippen LogP contribution in [0.2, 0.25) is 0 Å². The van der Waals surface area contributed by atoms with Crippen LogP contribution < -0.4 is 5.32 Å². The molecule has 0 bridgehead atoms. The molecule has 4 heteroatoms. The number of carbonyl (C=O) groups is 1. The van der Waals surface area contributed by atoms with Gasteiger partial charge in [0.05, 0.1) is 12.8 Å². The molecule has 1 atom stereocenters. The van der Waals surface area contributed by atoms with E-state index in [9.17, 15) is 4.79 Å². The van der Waals surface area contributed by atoms with E-state index in [2.05, 4.69) is 28.4 Å². The van der Waals surface area contributed by atoms with Gasteiger partial charge in [0.2, 0.25) is 5.91 Å². The second-order valence-corrected chi connectivity index (χ2v) is 7.24. The van der Waals surface area contributed by atoms with Crippen LogP contribution in [-0.2, 0) is 17.8 Å². The van der Waals surface area contributed by atoms with Gasteiger partial charge in [-0.15, -0.1) is 0 Å². The lowest BCUT2D eigenvalue weighted by Crippen LogP contribution is -2.47. The highest BCUT2D eigenvalue weighted by atomic mass is 16.3. The number of nitrogens with zero attached hydrogens (tertiary/aromatic N) is 1. The standard InChI is InChI=1S/C21H26N2O2/c24-21(22-17-8-2-1-3-9-17)20-19-11-5-4-7-16(19)12-13-23(20)15-18-10-6-14-25-18/h4-7,10-11,14,17,20H,1-3,8-9,12-13,15H2,(H,22,24). The number of carbonyl (C=O) groups excluding carboxylic acids is 1. The molecule has 1 N–H and O–H groups in total. The van der Waals surface area contributed by atoms with E-state index >= 15 is 0 Å². The second-order valence-electron chi connectivity index (χ2n) is 7.24. The fourth-order valence-corrected chi connectivity index (χ4v) is 4.23. The Bertz CT molecular complexity index is 704. The van der Waals surface area contributed by atoms with Gasteiger partial charge in [0, 0.05) is 12.6 Å². The first-order valence-corrected chi connectivity index (χ1v) is 9.46. The minimum Gasteiger partial charge on any atom is -0.468 e. The lowest BCUT2D eigenvalue weighted by atomic mass is 9.90. The summed E-state index contributed by atoms with van der Waals surface area (Å²) in [5, 5.41) is 3.33. The third-order valence-electron chi connectivity index (χ3n) is 5.52. The summed E-state index contributed by atoms with van der Waals surface area (Å²) >= 11 is 0. The average Bonchev–Trinajstić information content (AvgIpc) is 3.15.